The molecule has 2 heterocycles. The van der Waals surface area contributed by atoms with Crippen molar-refractivity contribution < 1.29 is 29.2 Å². The smallest absolute Gasteiger partial charge is 0.266 e. The summed E-state index contributed by atoms with van der Waals surface area (Å²) in [5.41, 5.74) is 10.3. The number of carbonyl (C=O) groups excluding carboxylic acids is 4. The van der Waals surface area contributed by atoms with Gasteiger partial charge in [-0.15, -0.1) is 0 Å². The predicted octanol–water partition coefficient (Wildman–Crippen LogP) is 6.32. The second-order valence-electron chi connectivity index (χ2n) is 13.0. The third-order valence-corrected chi connectivity index (χ3v) is 10.1. The van der Waals surface area contributed by atoms with Gasteiger partial charge in [-0.1, -0.05) is 38.1 Å². The van der Waals surface area contributed by atoms with Crippen LogP contribution < -0.4 is 10.6 Å². The molecule has 11 heteroatoms. The van der Waals surface area contributed by atoms with Crippen LogP contribution in [0.2, 0.25) is 0 Å². The Labute approximate surface area is 288 Å². The molecular weight excluding hydrogens is 636 g/mol. The van der Waals surface area contributed by atoms with Crippen LogP contribution in [0.4, 0.5) is 5.69 Å². The predicted molar refractivity (Wildman–Crippen MR) is 189 cm³/mol. The van der Waals surface area contributed by atoms with E-state index in [9.17, 15) is 34.4 Å². The van der Waals surface area contributed by atoms with E-state index < -0.39 is 34.6 Å². The maximum Gasteiger partial charge on any atom is 0.266 e. The number of nitro groups is 1. The zero-order chi connectivity index (χ0) is 35.4. The molecule has 4 amide bonds. The van der Waals surface area contributed by atoms with Crippen molar-refractivity contribution in [1.82, 2.24) is 4.90 Å². The van der Waals surface area contributed by atoms with E-state index in [2.05, 4.69) is 0 Å². The fourth-order valence-electron chi connectivity index (χ4n) is 7.63. The number of anilines is 1. The van der Waals surface area contributed by atoms with Crippen LogP contribution in [0.1, 0.15) is 110 Å². The van der Waals surface area contributed by atoms with Crippen molar-refractivity contribution >= 4 is 51.2 Å². The van der Waals surface area contributed by atoms with Gasteiger partial charge in [0.05, 0.1) is 21.7 Å². The Hall–Kier alpha value is -5.68. The van der Waals surface area contributed by atoms with Gasteiger partial charge in [-0.25, -0.2) is 4.90 Å². The van der Waals surface area contributed by atoms with Gasteiger partial charge in [0, 0.05) is 52.7 Å². The number of aliphatic hydroxyl groups is 1. The molecule has 3 aromatic rings. The fourth-order valence-corrected chi connectivity index (χ4v) is 7.63. The number of nitrogens with zero attached hydrogens (tertiary/aromatic N) is 3. The molecule has 3 aromatic carbocycles. The highest BCUT2D eigenvalue weighted by molar-refractivity contribution is 6.41. The summed E-state index contributed by atoms with van der Waals surface area (Å²) < 4.78 is 0. The molecule has 2 aliphatic heterocycles. The molecule has 50 heavy (non-hydrogen) atoms. The average molecular weight is 673 g/mol. The number of aliphatic hydroxyl groups excluding tert-OH is 1. The molecule has 2 aliphatic carbocycles. The lowest BCUT2D eigenvalue weighted by Gasteiger charge is -2.37. The molecule has 0 fully saturated rings. The SMILES string of the molecule is CCC(CC)N1C(=O)c2cc(C3=CCCC([N+](=O)[O-])=C3)c3c4c(cc(C5=CCCC(N)=C5)c(c24)C1=O)C(=O)N(c1ccc(CCO)cc1)C3=O. The minimum Gasteiger partial charge on any atom is -0.402 e. The molecule has 7 rings (SSSR count). The normalized spacial score (nSPS) is 17.3. The summed E-state index contributed by atoms with van der Waals surface area (Å²) in [6.07, 6.45) is 10.1. The molecule has 0 unspecified atom stereocenters. The van der Waals surface area contributed by atoms with E-state index in [1.54, 1.807) is 48.6 Å². The van der Waals surface area contributed by atoms with Crippen molar-refractivity contribution in [2.75, 3.05) is 11.5 Å². The molecule has 4 aliphatic rings. The molecule has 0 saturated heterocycles. The molecule has 254 valence electrons. The summed E-state index contributed by atoms with van der Waals surface area (Å²) in [6, 6.07) is 9.51. The quantitative estimate of drug-likeness (QED) is 0.152. The Morgan fingerprint density at radius 3 is 1.96 bits per heavy atom. The second-order valence-corrected chi connectivity index (χ2v) is 13.0. The largest absolute Gasteiger partial charge is 0.402 e. The molecular formula is C39H36N4O7. The Morgan fingerprint density at radius 1 is 0.800 bits per heavy atom. The first-order valence-corrected chi connectivity index (χ1v) is 17.0. The van der Waals surface area contributed by atoms with E-state index in [4.69, 9.17) is 5.73 Å². The Morgan fingerprint density at radius 2 is 1.38 bits per heavy atom. The van der Waals surface area contributed by atoms with Crippen molar-refractivity contribution in [3.8, 4) is 0 Å². The Kier molecular flexibility index (Phi) is 8.31. The highest BCUT2D eigenvalue weighted by atomic mass is 16.6. The highest BCUT2D eigenvalue weighted by Crippen LogP contribution is 2.46. The number of imide groups is 2. The van der Waals surface area contributed by atoms with Crippen LogP contribution in [0.5, 0.6) is 0 Å². The van der Waals surface area contributed by atoms with E-state index in [0.717, 1.165) is 10.5 Å². The summed E-state index contributed by atoms with van der Waals surface area (Å²) >= 11 is 0. The zero-order valence-corrected chi connectivity index (χ0v) is 27.8. The van der Waals surface area contributed by atoms with Crippen molar-refractivity contribution in [2.45, 2.75) is 64.8 Å². The number of nitrogens with two attached hydrogens (primary N) is 1. The molecule has 0 bridgehead atoms. The van der Waals surface area contributed by atoms with E-state index >= 15 is 0 Å². The minimum atomic E-state index is -0.677. The number of amides is 4. The van der Waals surface area contributed by atoms with E-state index in [1.807, 2.05) is 19.9 Å². The van der Waals surface area contributed by atoms with Crippen molar-refractivity contribution in [1.29, 1.82) is 0 Å². The van der Waals surface area contributed by atoms with Crippen LogP contribution >= 0.6 is 0 Å². The molecule has 0 radical (unpaired) electrons. The summed E-state index contributed by atoms with van der Waals surface area (Å²) in [7, 11) is 0. The van der Waals surface area contributed by atoms with Gasteiger partial charge in [0.1, 0.15) is 0 Å². The number of hydrogen-bond donors (Lipinski definition) is 2. The van der Waals surface area contributed by atoms with Gasteiger partial charge in [0.25, 0.3) is 23.6 Å². The molecule has 0 spiro atoms. The summed E-state index contributed by atoms with van der Waals surface area (Å²) in [6.45, 7) is 3.74. The second kappa shape index (κ2) is 12.6. The third-order valence-electron chi connectivity index (χ3n) is 10.1. The number of hydrogen-bond acceptors (Lipinski definition) is 8. The first kappa shape index (κ1) is 32.8. The third kappa shape index (κ3) is 5.08. The summed E-state index contributed by atoms with van der Waals surface area (Å²) in [4.78, 5) is 72.3. The van der Waals surface area contributed by atoms with Crippen LogP contribution in [-0.2, 0) is 6.42 Å². The van der Waals surface area contributed by atoms with Crippen LogP contribution in [0.3, 0.4) is 0 Å². The standard InChI is InChI=1S/C39H36N4O7/c1-3-25(4-2)41-36(45)30-20-29(23-8-6-10-27(18-23)43(49)50)35-33-31(37(46)42(39(35)48)26-13-11-21(12-14-26)15-16-44)19-28(34(32(30)33)38(41)47)22-7-5-9-24(40)17-22/h7-8,11-14,17-20,25,44H,3-6,9-10,15-16,40H2,1-2H3. The van der Waals surface area contributed by atoms with Crippen molar-refractivity contribution in [3.63, 3.8) is 0 Å². The van der Waals surface area contributed by atoms with Crippen molar-refractivity contribution in [3.05, 3.63) is 121 Å². The lowest BCUT2D eigenvalue weighted by atomic mass is 9.77. The Bertz CT molecular complexity index is 2170. The summed E-state index contributed by atoms with van der Waals surface area (Å²) in [5, 5.41) is 21.7. The molecule has 0 atom stereocenters. The van der Waals surface area contributed by atoms with Gasteiger partial charge in [-0.05, 0) is 96.7 Å². The number of rotatable bonds is 9. The maximum atomic E-state index is 14.8. The summed E-state index contributed by atoms with van der Waals surface area (Å²) in [5.74, 6) is -2.37. The van der Waals surface area contributed by atoms with Crippen LogP contribution in [0.25, 0.3) is 21.9 Å². The lowest BCUT2D eigenvalue weighted by Crippen LogP contribution is -2.48. The number of carbonyl (C=O) groups is 4. The molecule has 11 nitrogen and oxygen atoms in total. The first-order chi connectivity index (χ1) is 24.1. The highest BCUT2D eigenvalue weighted by Gasteiger charge is 2.45. The lowest BCUT2D eigenvalue weighted by molar-refractivity contribution is -0.427. The molecule has 0 aromatic heterocycles. The van der Waals surface area contributed by atoms with Gasteiger partial charge in [-0.2, -0.15) is 0 Å². The number of allylic oxidation sites excluding steroid dienone is 8. The van der Waals surface area contributed by atoms with Gasteiger partial charge in [0.2, 0.25) is 5.70 Å². The topological polar surface area (TPSA) is 164 Å². The van der Waals surface area contributed by atoms with Crippen LogP contribution in [0, 0.1) is 10.1 Å². The van der Waals surface area contributed by atoms with Crippen LogP contribution in [-0.4, -0.2) is 51.2 Å². The fraction of sp³-hybridized carbons (Fsp3) is 0.282. The molecule has 0 saturated carbocycles. The van der Waals surface area contributed by atoms with E-state index in [1.165, 1.54) is 11.0 Å². The molecule has 3 N–H and O–H groups in total. The van der Waals surface area contributed by atoms with Gasteiger partial charge < -0.3 is 10.8 Å². The van der Waals surface area contributed by atoms with Crippen molar-refractivity contribution in [2.24, 2.45) is 5.73 Å². The zero-order valence-electron chi connectivity index (χ0n) is 27.8. The maximum absolute atomic E-state index is 14.8. The first-order valence-electron chi connectivity index (χ1n) is 17.0. The Balaban J connectivity index is 1.60. The van der Waals surface area contributed by atoms with E-state index in [-0.39, 0.29) is 57.3 Å². The van der Waals surface area contributed by atoms with Gasteiger partial charge in [-0.3, -0.25) is 34.2 Å². The monoisotopic (exact) mass is 672 g/mol. The van der Waals surface area contributed by atoms with Crippen LogP contribution in [0.15, 0.2) is 72.1 Å². The van der Waals surface area contributed by atoms with E-state index in [0.29, 0.717) is 66.6 Å². The number of benzene rings is 3. The van der Waals surface area contributed by atoms with Gasteiger partial charge in [0.15, 0.2) is 0 Å². The van der Waals surface area contributed by atoms with Gasteiger partial charge >= 0.3 is 0 Å². The minimum absolute atomic E-state index is 0.0378. The average Bonchev–Trinajstić information content (AvgIpc) is 3.11.